The fourth-order valence-corrected chi connectivity index (χ4v) is 2.18. The van der Waals surface area contributed by atoms with Crippen LogP contribution in [0.2, 0.25) is 0 Å². The van der Waals surface area contributed by atoms with Gasteiger partial charge < -0.3 is 16.2 Å². The standard InChI is InChI=1S/C12H24N2O2/c1-9(7-13)5-12(16)14-8-10-3-2-4-11(15)6-10/h9-11,15H,2-8,13H2,1H3,(H,14,16). The highest BCUT2D eigenvalue weighted by Crippen LogP contribution is 2.23. The van der Waals surface area contributed by atoms with Crippen LogP contribution >= 0.6 is 0 Å². The summed E-state index contributed by atoms with van der Waals surface area (Å²) in [7, 11) is 0. The van der Waals surface area contributed by atoms with E-state index in [9.17, 15) is 9.90 Å². The molecule has 0 radical (unpaired) electrons. The number of nitrogens with two attached hydrogens (primary N) is 1. The second-order valence-corrected chi connectivity index (χ2v) is 5.04. The van der Waals surface area contributed by atoms with Crippen molar-refractivity contribution in [2.45, 2.75) is 45.1 Å². The van der Waals surface area contributed by atoms with Gasteiger partial charge in [-0.05, 0) is 37.6 Å². The van der Waals surface area contributed by atoms with Crippen LogP contribution < -0.4 is 11.1 Å². The van der Waals surface area contributed by atoms with Gasteiger partial charge in [0.25, 0.3) is 0 Å². The molecular formula is C12H24N2O2. The number of aliphatic hydroxyl groups is 1. The van der Waals surface area contributed by atoms with E-state index in [1.807, 2.05) is 6.92 Å². The van der Waals surface area contributed by atoms with Gasteiger partial charge in [0.15, 0.2) is 0 Å². The topological polar surface area (TPSA) is 75.4 Å². The van der Waals surface area contributed by atoms with E-state index in [0.29, 0.717) is 25.4 Å². The van der Waals surface area contributed by atoms with E-state index >= 15 is 0 Å². The number of amides is 1. The molecule has 1 fully saturated rings. The predicted molar refractivity (Wildman–Crippen MR) is 63.8 cm³/mol. The number of nitrogens with one attached hydrogen (secondary N) is 1. The van der Waals surface area contributed by atoms with Gasteiger partial charge in [-0.1, -0.05) is 13.3 Å². The van der Waals surface area contributed by atoms with Crippen LogP contribution in [0.4, 0.5) is 0 Å². The highest BCUT2D eigenvalue weighted by atomic mass is 16.3. The zero-order valence-electron chi connectivity index (χ0n) is 10.1. The monoisotopic (exact) mass is 228 g/mol. The van der Waals surface area contributed by atoms with E-state index in [0.717, 1.165) is 25.7 Å². The van der Waals surface area contributed by atoms with Crippen molar-refractivity contribution in [1.82, 2.24) is 5.32 Å². The molecule has 0 aromatic carbocycles. The lowest BCUT2D eigenvalue weighted by Crippen LogP contribution is -2.34. The van der Waals surface area contributed by atoms with Crippen LogP contribution in [0.5, 0.6) is 0 Å². The van der Waals surface area contributed by atoms with Crippen LogP contribution in [0.25, 0.3) is 0 Å². The SMILES string of the molecule is CC(CN)CC(=O)NCC1CCCC(O)C1. The van der Waals surface area contributed by atoms with Crippen LogP contribution in [0, 0.1) is 11.8 Å². The second-order valence-electron chi connectivity index (χ2n) is 5.04. The van der Waals surface area contributed by atoms with Gasteiger partial charge in [-0.2, -0.15) is 0 Å². The van der Waals surface area contributed by atoms with Gasteiger partial charge in [0.05, 0.1) is 6.10 Å². The van der Waals surface area contributed by atoms with E-state index in [1.165, 1.54) is 0 Å². The summed E-state index contributed by atoms with van der Waals surface area (Å²) in [6, 6.07) is 0. The first-order chi connectivity index (χ1) is 7.61. The minimum atomic E-state index is -0.168. The average Bonchev–Trinajstić information content (AvgIpc) is 2.26. The van der Waals surface area contributed by atoms with Crippen LogP contribution in [-0.4, -0.2) is 30.2 Å². The molecule has 0 bridgehead atoms. The van der Waals surface area contributed by atoms with Crippen LogP contribution in [-0.2, 0) is 4.79 Å². The molecule has 0 aromatic heterocycles. The Bertz CT molecular complexity index is 221. The van der Waals surface area contributed by atoms with Gasteiger partial charge in [-0.25, -0.2) is 0 Å². The van der Waals surface area contributed by atoms with Crippen molar-refractivity contribution in [3.05, 3.63) is 0 Å². The Morgan fingerprint density at radius 3 is 2.94 bits per heavy atom. The Morgan fingerprint density at radius 1 is 1.56 bits per heavy atom. The van der Waals surface area contributed by atoms with E-state index in [1.54, 1.807) is 0 Å². The fourth-order valence-electron chi connectivity index (χ4n) is 2.18. The third-order valence-electron chi connectivity index (χ3n) is 3.28. The van der Waals surface area contributed by atoms with Crippen LogP contribution in [0.3, 0.4) is 0 Å². The number of aliphatic hydroxyl groups excluding tert-OH is 1. The molecule has 94 valence electrons. The van der Waals surface area contributed by atoms with Gasteiger partial charge in [-0.3, -0.25) is 4.79 Å². The largest absolute Gasteiger partial charge is 0.393 e. The Morgan fingerprint density at radius 2 is 2.31 bits per heavy atom. The number of carbonyl (C=O) groups excluding carboxylic acids is 1. The second kappa shape index (κ2) is 6.86. The highest BCUT2D eigenvalue weighted by Gasteiger charge is 2.20. The molecule has 0 saturated heterocycles. The van der Waals surface area contributed by atoms with Gasteiger partial charge in [-0.15, -0.1) is 0 Å². The van der Waals surface area contributed by atoms with Crippen molar-refractivity contribution in [3.8, 4) is 0 Å². The molecule has 4 nitrogen and oxygen atoms in total. The molecule has 16 heavy (non-hydrogen) atoms. The van der Waals surface area contributed by atoms with Crippen LogP contribution in [0.1, 0.15) is 39.0 Å². The molecule has 0 aliphatic heterocycles. The number of hydrogen-bond donors (Lipinski definition) is 3. The maximum absolute atomic E-state index is 11.5. The summed E-state index contributed by atoms with van der Waals surface area (Å²) in [5.41, 5.74) is 5.46. The van der Waals surface area contributed by atoms with Crippen molar-refractivity contribution < 1.29 is 9.90 Å². The lowest BCUT2D eigenvalue weighted by Gasteiger charge is -2.26. The lowest BCUT2D eigenvalue weighted by molar-refractivity contribution is -0.122. The minimum absolute atomic E-state index is 0.0815. The zero-order valence-corrected chi connectivity index (χ0v) is 10.1. The Hall–Kier alpha value is -0.610. The van der Waals surface area contributed by atoms with Crippen molar-refractivity contribution in [3.63, 3.8) is 0 Å². The van der Waals surface area contributed by atoms with Gasteiger partial charge >= 0.3 is 0 Å². The van der Waals surface area contributed by atoms with E-state index in [2.05, 4.69) is 5.32 Å². The maximum Gasteiger partial charge on any atom is 0.220 e. The number of hydrogen-bond acceptors (Lipinski definition) is 3. The fraction of sp³-hybridized carbons (Fsp3) is 0.917. The molecule has 0 heterocycles. The van der Waals surface area contributed by atoms with Gasteiger partial charge in [0.1, 0.15) is 0 Å². The van der Waals surface area contributed by atoms with Crippen LogP contribution in [0.15, 0.2) is 0 Å². The lowest BCUT2D eigenvalue weighted by atomic mass is 9.87. The first-order valence-electron chi connectivity index (χ1n) is 6.26. The van der Waals surface area contributed by atoms with Crippen molar-refractivity contribution >= 4 is 5.91 Å². The van der Waals surface area contributed by atoms with Crippen molar-refractivity contribution in [1.29, 1.82) is 0 Å². The zero-order chi connectivity index (χ0) is 12.0. The molecule has 1 aliphatic carbocycles. The molecule has 3 atom stereocenters. The quantitative estimate of drug-likeness (QED) is 0.646. The van der Waals surface area contributed by atoms with Crippen molar-refractivity contribution in [2.75, 3.05) is 13.1 Å². The van der Waals surface area contributed by atoms with Crippen molar-refractivity contribution in [2.24, 2.45) is 17.6 Å². The summed E-state index contributed by atoms with van der Waals surface area (Å²) in [4.78, 5) is 11.5. The van der Waals surface area contributed by atoms with E-state index in [4.69, 9.17) is 5.73 Å². The Balaban J connectivity index is 2.15. The molecule has 0 spiro atoms. The molecule has 0 aromatic rings. The first-order valence-corrected chi connectivity index (χ1v) is 6.26. The Labute approximate surface area is 97.6 Å². The van der Waals surface area contributed by atoms with E-state index < -0.39 is 0 Å². The molecule has 3 unspecified atom stereocenters. The first kappa shape index (κ1) is 13.5. The van der Waals surface area contributed by atoms with E-state index in [-0.39, 0.29) is 17.9 Å². The molecule has 1 rings (SSSR count). The number of carbonyl (C=O) groups is 1. The molecule has 1 amide bonds. The smallest absolute Gasteiger partial charge is 0.220 e. The third-order valence-corrected chi connectivity index (χ3v) is 3.28. The summed E-state index contributed by atoms with van der Waals surface area (Å²) < 4.78 is 0. The summed E-state index contributed by atoms with van der Waals surface area (Å²) in [5.74, 6) is 0.774. The number of rotatable bonds is 5. The molecule has 4 heteroatoms. The molecule has 4 N–H and O–H groups in total. The molecular weight excluding hydrogens is 204 g/mol. The normalized spacial score (nSPS) is 27.4. The summed E-state index contributed by atoms with van der Waals surface area (Å²) in [6.45, 7) is 3.23. The summed E-state index contributed by atoms with van der Waals surface area (Å²) >= 11 is 0. The minimum Gasteiger partial charge on any atom is -0.393 e. The maximum atomic E-state index is 11.5. The highest BCUT2D eigenvalue weighted by molar-refractivity contribution is 5.76. The van der Waals surface area contributed by atoms with Gasteiger partial charge in [0, 0.05) is 13.0 Å². The third kappa shape index (κ3) is 4.94. The Kier molecular flexibility index (Phi) is 5.77. The predicted octanol–water partition coefficient (Wildman–Crippen LogP) is 0.639. The summed E-state index contributed by atoms with van der Waals surface area (Å²) in [6.07, 6.45) is 4.26. The average molecular weight is 228 g/mol. The summed E-state index contributed by atoms with van der Waals surface area (Å²) in [5, 5.41) is 12.4. The molecule has 1 aliphatic rings. The van der Waals surface area contributed by atoms with Gasteiger partial charge in [0.2, 0.25) is 5.91 Å². The molecule has 1 saturated carbocycles.